The zero-order valence-corrected chi connectivity index (χ0v) is 29.7. The lowest BCUT2D eigenvalue weighted by atomic mass is 9.85. The van der Waals surface area contributed by atoms with Gasteiger partial charge < -0.3 is 46.3 Å². The number of methoxy groups -OCH3 is 2. The Morgan fingerprint density at radius 1 is 1.08 bits per heavy atom. The molecule has 15 heteroatoms. The highest BCUT2D eigenvalue weighted by Crippen LogP contribution is 2.29. The quantitative estimate of drug-likeness (QED) is 0.0845. The standard InChI is InChI=1S/C34H50ClN5O9/c1-19-15-23-28(37-12-8-13-38-34(46)39-14-11-35)25(41)18-24(30(23)43)40-32(44)20(2)9-7-10-26(47-5)31(49-33(36)45)22(4)17-21(3)29(42)27(16-19)48-6/h7,9-10,17-19,21,26-27,29,31,37,42H,8,11-16H2,1-6H3,(H2,36,45)(H,40,44)(H2,38,39,46)/b10-7-,20-9+,22-17+/t19-,21+,26+,27+,29-,31+/m1/s1. The fourth-order valence-electron chi connectivity index (χ4n) is 5.51. The number of fused-ring (bicyclic) bond motifs is 2. The number of carbonyl (C=O) groups excluding carboxylic acids is 5. The molecule has 272 valence electrons. The van der Waals surface area contributed by atoms with Crippen molar-refractivity contribution in [3.05, 3.63) is 58.5 Å². The summed E-state index contributed by atoms with van der Waals surface area (Å²) in [4.78, 5) is 63.9. The molecule has 0 fully saturated rings. The van der Waals surface area contributed by atoms with Crippen LogP contribution in [0.4, 0.5) is 9.59 Å². The molecule has 1 aliphatic carbocycles. The number of nitrogens with one attached hydrogen (secondary N) is 4. The zero-order valence-electron chi connectivity index (χ0n) is 29.0. The predicted octanol–water partition coefficient (Wildman–Crippen LogP) is 2.28. The van der Waals surface area contributed by atoms with Crippen LogP contribution in [0.5, 0.6) is 0 Å². The van der Waals surface area contributed by atoms with Gasteiger partial charge in [-0.3, -0.25) is 14.4 Å². The number of ketones is 2. The van der Waals surface area contributed by atoms with Crippen molar-refractivity contribution in [1.82, 2.24) is 21.3 Å². The van der Waals surface area contributed by atoms with Gasteiger partial charge in [-0.15, -0.1) is 11.6 Å². The van der Waals surface area contributed by atoms with Crippen LogP contribution in [0, 0.1) is 11.8 Å². The van der Waals surface area contributed by atoms with Gasteiger partial charge in [-0.25, -0.2) is 9.59 Å². The van der Waals surface area contributed by atoms with Crippen LogP contribution in [0.2, 0.25) is 0 Å². The highest BCUT2D eigenvalue weighted by atomic mass is 35.5. The lowest BCUT2D eigenvalue weighted by molar-refractivity contribution is -0.120. The first-order valence-electron chi connectivity index (χ1n) is 16.1. The van der Waals surface area contributed by atoms with Crippen LogP contribution in [0.15, 0.2) is 58.5 Å². The molecule has 1 aliphatic heterocycles. The van der Waals surface area contributed by atoms with E-state index in [1.165, 1.54) is 33.3 Å². The van der Waals surface area contributed by atoms with Crippen LogP contribution in [0.1, 0.15) is 47.0 Å². The van der Waals surface area contributed by atoms with Gasteiger partial charge in [0, 0.05) is 62.9 Å². The Balaban J connectivity index is 2.48. The van der Waals surface area contributed by atoms with E-state index in [4.69, 9.17) is 31.5 Å². The van der Waals surface area contributed by atoms with Crippen LogP contribution in [-0.4, -0.2) is 98.9 Å². The normalized spacial score (nSPS) is 28.7. The van der Waals surface area contributed by atoms with Crippen molar-refractivity contribution in [3.8, 4) is 0 Å². The van der Waals surface area contributed by atoms with E-state index >= 15 is 0 Å². The Hall–Kier alpha value is -3.98. The second kappa shape index (κ2) is 20.5. The number of nitrogens with two attached hydrogens (primary N) is 1. The van der Waals surface area contributed by atoms with Gasteiger partial charge in [-0.2, -0.15) is 0 Å². The lowest BCUT2D eigenvalue weighted by Crippen LogP contribution is -2.39. The number of carbonyl (C=O) groups is 5. The van der Waals surface area contributed by atoms with Crippen molar-refractivity contribution in [2.75, 3.05) is 39.7 Å². The second-order valence-electron chi connectivity index (χ2n) is 12.1. The molecule has 0 saturated heterocycles. The van der Waals surface area contributed by atoms with E-state index in [-0.39, 0.29) is 53.3 Å². The van der Waals surface area contributed by atoms with Gasteiger partial charge >= 0.3 is 12.1 Å². The molecular formula is C34H50ClN5O9. The maximum absolute atomic E-state index is 13.8. The van der Waals surface area contributed by atoms with E-state index in [0.717, 1.165) is 6.08 Å². The third-order valence-corrected chi connectivity index (χ3v) is 8.30. The number of aliphatic hydroxyl groups is 1. The number of ether oxygens (including phenoxy) is 3. The lowest BCUT2D eigenvalue weighted by Gasteiger charge is -2.30. The molecule has 0 aromatic rings. The molecule has 0 spiro atoms. The van der Waals surface area contributed by atoms with Crippen LogP contribution < -0.4 is 27.0 Å². The van der Waals surface area contributed by atoms with Crippen molar-refractivity contribution in [2.45, 2.75) is 71.4 Å². The number of allylic oxidation sites excluding steroid dienone is 4. The molecule has 2 aliphatic rings. The first-order valence-corrected chi connectivity index (χ1v) is 16.7. The number of hydrogen-bond acceptors (Lipinski definition) is 10. The van der Waals surface area contributed by atoms with E-state index in [0.29, 0.717) is 31.5 Å². The molecule has 49 heavy (non-hydrogen) atoms. The van der Waals surface area contributed by atoms with Gasteiger partial charge in [0.05, 0.1) is 23.6 Å². The van der Waals surface area contributed by atoms with Gasteiger partial charge in [0.1, 0.15) is 6.10 Å². The molecule has 0 aromatic heterocycles. The second-order valence-corrected chi connectivity index (χ2v) is 12.5. The molecule has 14 nitrogen and oxygen atoms in total. The highest BCUT2D eigenvalue weighted by molar-refractivity contribution is 6.23. The van der Waals surface area contributed by atoms with E-state index in [1.54, 1.807) is 26.0 Å². The van der Waals surface area contributed by atoms with Gasteiger partial charge in [-0.1, -0.05) is 38.2 Å². The van der Waals surface area contributed by atoms with E-state index in [1.807, 2.05) is 6.92 Å². The number of aliphatic hydroxyl groups excluding tert-OH is 1. The molecule has 7 N–H and O–H groups in total. The number of alkyl halides is 1. The number of halogens is 1. The van der Waals surface area contributed by atoms with Crippen LogP contribution >= 0.6 is 11.6 Å². The molecule has 0 unspecified atom stereocenters. The average Bonchev–Trinajstić information content (AvgIpc) is 3.05. The Morgan fingerprint density at radius 3 is 2.41 bits per heavy atom. The fourth-order valence-corrected chi connectivity index (χ4v) is 5.60. The van der Waals surface area contributed by atoms with Crippen LogP contribution in [0.25, 0.3) is 0 Å². The van der Waals surface area contributed by atoms with Gasteiger partial charge in [-0.05, 0) is 44.6 Å². The smallest absolute Gasteiger partial charge is 0.405 e. The van der Waals surface area contributed by atoms with Crippen molar-refractivity contribution >= 4 is 41.2 Å². The number of amides is 4. The largest absolute Gasteiger partial charge is 0.439 e. The number of rotatable bonds is 10. The summed E-state index contributed by atoms with van der Waals surface area (Å²) in [6, 6.07) is -0.366. The van der Waals surface area contributed by atoms with Gasteiger partial charge in [0.15, 0.2) is 6.10 Å². The SMILES string of the molecule is CO[C@H]1/C=C\C=C(/C)C(=O)NC2=CC(=O)C(NCCCNC(=O)NCCCl)=C(C[C@@H](C)C[C@H](OC)[C@H](O)[C@@H](C)/C=C(\C)[C@@H]1OC(N)=O)C2=O. The first kappa shape index (κ1) is 41.2. The molecule has 0 saturated carbocycles. The summed E-state index contributed by atoms with van der Waals surface area (Å²) in [5.41, 5.74) is 6.27. The van der Waals surface area contributed by atoms with Crippen LogP contribution in [-0.2, 0) is 28.6 Å². The number of primary amides is 1. The summed E-state index contributed by atoms with van der Waals surface area (Å²) in [5, 5.41) is 22.2. The monoisotopic (exact) mass is 707 g/mol. The minimum absolute atomic E-state index is 0.107. The molecule has 1 heterocycles. The molecular weight excluding hydrogens is 658 g/mol. The maximum atomic E-state index is 13.8. The summed E-state index contributed by atoms with van der Waals surface area (Å²) < 4.78 is 16.6. The van der Waals surface area contributed by atoms with Crippen LogP contribution in [0.3, 0.4) is 0 Å². The third-order valence-electron chi connectivity index (χ3n) is 8.11. The third kappa shape index (κ3) is 12.8. The van der Waals surface area contributed by atoms with E-state index < -0.39 is 53.9 Å². The van der Waals surface area contributed by atoms with Crippen molar-refractivity contribution < 1.29 is 43.3 Å². The molecule has 0 aromatic carbocycles. The number of hydrogen-bond donors (Lipinski definition) is 6. The summed E-state index contributed by atoms with van der Waals surface area (Å²) in [7, 11) is 2.90. The summed E-state index contributed by atoms with van der Waals surface area (Å²) in [6.45, 7) is 7.82. The van der Waals surface area contributed by atoms with Crippen molar-refractivity contribution in [1.29, 1.82) is 0 Å². The van der Waals surface area contributed by atoms with Gasteiger partial charge in [0.2, 0.25) is 11.6 Å². The first-order chi connectivity index (χ1) is 23.2. The van der Waals surface area contributed by atoms with Crippen molar-refractivity contribution in [3.63, 3.8) is 0 Å². The molecule has 2 rings (SSSR count). The minimum Gasteiger partial charge on any atom is -0.439 e. The fraction of sp³-hybridized carbons (Fsp3) is 0.559. The maximum Gasteiger partial charge on any atom is 0.405 e. The summed E-state index contributed by atoms with van der Waals surface area (Å²) in [5.74, 6) is -2.07. The molecule has 0 radical (unpaired) electrons. The zero-order chi connectivity index (χ0) is 36.7. The predicted molar refractivity (Wildman–Crippen MR) is 184 cm³/mol. The Morgan fingerprint density at radius 2 is 1.78 bits per heavy atom. The number of Topliss-reactive ketones (excluding diaryl/α,β-unsaturated/α-hetero) is 1. The summed E-state index contributed by atoms with van der Waals surface area (Å²) in [6.07, 6.45) is 3.90. The topological polar surface area (TPSA) is 207 Å². The van der Waals surface area contributed by atoms with E-state index in [9.17, 15) is 29.1 Å². The summed E-state index contributed by atoms with van der Waals surface area (Å²) >= 11 is 5.58. The minimum atomic E-state index is -1.02. The Bertz CT molecular complexity index is 1370. The van der Waals surface area contributed by atoms with E-state index in [2.05, 4.69) is 21.3 Å². The average molecular weight is 708 g/mol. The molecule has 2 bridgehead atoms. The highest BCUT2D eigenvalue weighted by Gasteiger charge is 2.33. The Kier molecular flexibility index (Phi) is 17.2. The molecule has 6 atom stereocenters. The van der Waals surface area contributed by atoms with Gasteiger partial charge in [0.25, 0.3) is 5.91 Å². The number of urea groups is 1. The Labute approximate surface area is 292 Å². The van der Waals surface area contributed by atoms with Crippen molar-refractivity contribution in [2.24, 2.45) is 17.6 Å². The molecule has 4 amide bonds.